The van der Waals surface area contributed by atoms with E-state index in [-0.39, 0.29) is 11.7 Å². The highest BCUT2D eigenvalue weighted by Crippen LogP contribution is 2.22. The fourth-order valence-corrected chi connectivity index (χ4v) is 2.20. The van der Waals surface area contributed by atoms with Gasteiger partial charge in [-0.1, -0.05) is 6.07 Å². The summed E-state index contributed by atoms with van der Waals surface area (Å²) in [6.45, 7) is 1.67. The molecule has 3 rings (SSSR count). The van der Waals surface area contributed by atoms with Crippen molar-refractivity contribution in [1.29, 1.82) is 0 Å². The smallest absolute Gasteiger partial charge is 0.257 e. The number of aryl methyl sites for hydroxylation is 1. The summed E-state index contributed by atoms with van der Waals surface area (Å²) < 4.78 is 13.5. The van der Waals surface area contributed by atoms with E-state index in [1.807, 2.05) is 6.07 Å². The summed E-state index contributed by atoms with van der Waals surface area (Å²) >= 11 is 0. The lowest BCUT2D eigenvalue weighted by Gasteiger charge is -2.06. The van der Waals surface area contributed by atoms with E-state index in [1.54, 1.807) is 37.4 Å². The van der Waals surface area contributed by atoms with Gasteiger partial charge in [0.25, 0.3) is 5.91 Å². The van der Waals surface area contributed by atoms with Gasteiger partial charge in [-0.05, 0) is 42.8 Å². The molecule has 3 aromatic rings. The van der Waals surface area contributed by atoms with Crippen LogP contribution in [-0.4, -0.2) is 10.9 Å². The molecule has 1 heterocycles. The molecular weight excluding hydrogens is 269 g/mol. The molecule has 0 aliphatic carbocycles. The average molecular weight is 283 g/mol. The largest absolute Gasteiger partial charge is 0.399 e. The lowest BCUT2D eigenvalue weighted by Crippen LogP contribution is -2.11. The first-order valence-electron chi connectivity index (χ1n) is 6.49. The van der Waals surface area contributed by atoms with Crippen LogP contribution in [0.5, 0.6) is 0 Å². The maximum atomic E-state index is 13.5. The number of nitrogen functional groups attached to an aromatic ring is 1. The van der Waals surface area contributed by atoms with Crippen LogP contribution in [0.4, 0.5) is 15.8 Å². The predicted molar refractivity (Wildman–Crippen MR) is 81.8 cm³/mol. The zero-order valence-corrected chi connectivity index (χ0v) is 11.4. The number of rotatable bonds is 2. The first-order valence-corrected chi connectivity index (χ1v) is 6.49. The molecule has 0 fully saturated rings. The Labute approximate surface area is 120 Å². The Balaban J connectivity index is 1.93. The van der Waals surface area contributed by atoms with Crippen molar-refractivity contribution in [2.75, 3.05) is 11.1 Å². The van der Waals surface area contributed by atoms with E-state index in [1.165, 1.54) is 6.07 Å². The molecule has 0 atom stereocenters. The summed E-state index contributed by atoms with van der Waals surface area (Å²) in [6, 6.07) is 9.90. The number of aromatic nitrogens is 1. The zero-order valence-electron chi connectivity index (χ0n) is 11.4. The van der Waals surface area contributed by atoms with Gasteiger partial charge in [-0.25, -0.2) is 4.39 Å². The van der Waals surface area contributed by atoms with Crippen LogP contribution in [0.25, 0.3) is 10.9 Å². The van der Waals surface area contributed by atoms with Gasteiger partial charge in [0.15, 0.2) is 0 Å². The van der Waals surface area contributed by atoms with Gasteiger partial charge in [-0.15, -0.1) is 0 Å². The second-order valence-corrected chi connectivity index (χ2v) is 4.93. The van der Waals surface area contributed by atoms with Gasteiger partial charge < -0.3 is 16.0 Å². The van der Waals surface area contributed by atoms with Crippen LogP contribution in [0, 0.1) is 12.7 Å². The molecule has 1 amide bonds. The fraction of sp³-hybridized carbons (Fsp3) is 0.0625. The predicted octanol–water partition coefficient (Wildman–Crippen LogP) is 3.45. The number of halogens is 1. The summed E-state index contributed by atoms with van der Waals surface area (Å²) in [7, 11) is 0. The number of carbonyl (C=O) groups excluding carboxylic acids is 1. The molecule has 0 unspecified atom stereocenters. The topological polar surface area (TPSA) is 70.9 Å². The third-order valence-electron chi connectivity index (χ3n) is 3.38. The van der Waals surface area contributed by atoms with Crippen LogP contribution in [0.1, 0.15) is 15.9 Å². The summed E-state index contributed by atoms with van der Waals surface area (Å²) in [5.74, 6) is -0.661. The minimum absolute atomic E-state index is 0.310. The van der Waals surface area contributed by atoms with Crippen molar-refractivity contribution in [3.63, 3.8) is 0 Å². The van der Waals surface area contributed by atoms with Crippen LogP contribution in [0.3, 0.4) is 0 Å². The van der Waals surface area contributed by atoms with Crippen LogP contribution in [0.15, 0.2) is 42.6 Å². The van der Waals surface area contributed by atoms with E-state index in [9.17, 15) is 9.18 Å². The molecule has 0 saturated heterocycles. The molecule has 21 heavy (non-hydrogen) atoms. The van der Waals surface area contributed by atoms with Crippen molar-refractivity contribution in [2.45, 2.75) is 6.92 Å². The molecule has 0 aliphatic heterocycles. The fourth-order valence-electron chi connectivity index (χ4n) is 2.20. The highest BCUT2D eigenvalue weighted by Gasteiger charge is 2.13. The minimum atomic E-state index is -0.351. The summed E-state index contributed by atoms with van der Waals surface area (Å²) in [5, 5.41) is 3.42. The Morgan fingerprint density at radius 1 is 1.24 bits per heavy atom. The van der Waals surface area contributed by atoms with Gasteiger partial charge in [0.05, 0.1) is 5.56 Å². The summed E-state index contributed by atoms with van der Waals surface area (Å²) in [6.07, 6.45) is 1.62. The highest BCUT2D eigenvalue weighted by atomic mass is 19.1. The van der Waals surface area contributed by atoms with Crippen molar-refractivity contribution in [1.82, 2.24) is 4.98 Å². The molecule has 0 bridgehead atoms. The highest BCUT2D eigenvalue weighted by molar-refractivity contribution is 6.13. The van der Waals surface area contributed by atoms with Gasteiger partial charge in [0.2, 0.25) is 0 Å². The number of benzene rings is 2. The molecule has 0 aliphatic rings. The SMILES string of the molecule is Cc1ccc(NC(=O)c2c[nH]c3ccc(N)cc23)cc1F. The monoisotopic (exact) mass is 283 g/mol. The van der Waals surface area contributed by atoms with Crippen molar-refractivity contribution < 1.29 is 9.18 Å². The maximum Gasteiger partial charge on any atom is 0.257 e. The number of carbonyl (C=O) groups is 1. The first kappa shape index (κ1) is 13.2. The normalized spacial score (nSPS) is 10.8. The van der Waals surface area contributed by atoms with E-state index >= 15 is 0 Å². The molecular formula is C16H14FN3O. The van der Waals surface area contributed by atoms with Crippen LogP contribution in [-0.2, 0) is 0 Å². The molecule has 4 N–H and O–H groups in total. The number of amides is 1. The van der Waals surface area contributed by atoms with Crippen LogP contribution >= 0.6 is 0 Å². The summed E-state index contributed by atoms with van der Waals surface area (Å²) in [5.41, 5.74) is 8.57. The second kappa shape index (κ2) is 4.94. The number of fused-ring (bicyclic) bond motifs is 1. The van der Waals surface area contributed by atoms with Gasteiger partial charge >= 0.3 is 0 Å². The molecule has 1 aromatic heterocycles. The van der Waals surface area contributed by atoms with E-state index in [0.29, 0.717) is 22.5 Å². The first-order chi connectivity index (χ1) is 10.0. The minimum Gasteiger partial charge on any atom is -0.399 e. The van der Waals surface area contributed by atoms with Crippen molar-refractivity contribution >= 4 is 28.2 Å². The molecule has 2 aromatic carbocycles. The van der Waals surface area contributed by atoms with Crippen molar-refractivity contribution in [3.05, 3.63) is 59.5 Å². The number of H-pyrrole nitrogens is 1. The number of hydrogen-bond acceptors (Lipinski definition) is 2. The Morgan fingerprint density at radius 2 is 2.05 bits per heavy atom. The maximum absolute atomic E-state index is 13.5. The van der Waals surface area contributed by atoms with E-state index in [2.05, 4.69) is 10.3 Å². The standard InChI is InChI=1S/C16H14FN3O/c1-9-2-4-11(7-14(9)17)20-16(21)13-8-19-15-5-3-10(18)6-12(13)15/h2-8,19H,18H2,1H3,(H,20,21). The quantitative estimate of drug-likeness (QED) is 0.630. The molecule has 5 heteroatoms. The molecule has 0 radical (unpaired) electrons. The Bertz CT molecular complexity index is 839. The number of aromatic amines is 1. The van der Waals surface area contributed by atoms with Gasteiger partial charge in [-0.2, -0.15) is 0 Å². The summed E-state index contributed by atoms with van der Waals surface area (Å²) in [4.78, 5) is 15.3. The van der Waals surface area contributed by atoms with Crippen molar-refractivity contribution in [3.8, 4) is 0 Å². The zero-order chi connectivity index (χ0) is 15.0. The van der Waals surface area contributed by atoms with E-state index in [4.69, 9.17) is 5.73 Å². The second-order valence-electron chi connectivity index (χ2n) is 4.93. The molecule has 4 nitrogen and oxygen atoms in total. The third-order valence-corrected chi connectivity index (χ3v) is 3.38. The lowest BCUT2D eigenvalue weighted by molar-refractivity contribution is 0.102. The van der Waals surface area contributed by atoms with E-state index in [0.717, 1.165) is 10.9 Å². The molecule has 0 spiro atoms. The lowest BCUT2D eigenvalue weighted by atomic mass is 10.1. The Hall–Kier alpha value is -2.82. The number of nitrogens with one attached hydrogen (secondary N) is 2. The average Bonchev–Trinajstić information content (AvgIpc) is 2.86. The van der Waals surface area contributed by atoms with Gasteiger partial charge in [-0.3, -0.25) is 4.79 Å². The molecule has 0 saturated carbocycles. The number of anilines is 2. The third kappa shape index (κ3) is 2.45. The Kier molecular flexibility index (Phi) is 3.10. The number of hydrogen-bond donors (Lipinski definition) is 3. The van der Waals surface area contributed by atoms with Crippen LogP contribution < -0.4 is 11.1 Å². The van der Waals surface area contributed by atoms with E-state index < -0.39 is 0 Å². The molecule has 106 valence electrons. The van der Waals surface area contributed by atoms with Crippen LogP contribution in [0.2, 0.25) is 0 Å². The Morgan fingerprint density at radius 3 is 2.81 bits per heavy atom. The van der Waals surface area contributed by atoms with Crippen molar-refractivity contribution in [2.24, 2.45) is 0 Å². The van der Waals surface area contributed by atoms with Gasteiger partial charge in [0.1, 0.15) is 5.82 Å². The number of nitrogens with two attached hydrogens (primary N) is 1. The van der Waals surface area contributed by atoms with Gasteiger partial charge in [0, 0.05) is 28.5 Å².